The van der Waals surface area contributed by atoms with Gasteiger partial charge in [0, 0.05) is 11.1 Å². The second-order valence-electron chi connectivity index (χ2n) is 3.82. The molecule has 1 heterocycles. The quantitative estimate of drug-likeness (QED) is 0.869. The zero-order chi connectivity index (χ0) is 14.2. The molecule has 5 nitrogen and oxygen atoms in total. The highest BCUT2D eigenvalue weighted by Gasteiger charge is 2.30. The van der Waals surface area contributed by atoms with Gasteiger partial charge in [-0.15, -0.1) is 0 Å². The first kappa shape index (κ1) is 13.1. The number of carbonyl (C=O) groups is 1. The number of aliphatic carboxylic acids is 1. The second kappa shape index (κ2) is 4.38. The number of nitrogens with one attached hydrogen (secondary N) is 1. The molecule has 0 amide bonds. The van der Waals surface area contributed by atoms with Gasteiger partial charge in [0.1, 0.15) is 0 Å². The normalized spacial score (nSPS) is 11.7. The maximum absolute atomic E-state index is 12.6. The van der Waals surface area contributed by atoms with Crippen LogP contribution in [0.2, 0.25) is 0 Å². The number of carboxylic acids is 1. The molecule has 0 spiro atoms. The van der Waals surface area contributed by atoms with Gasteiger partial charge in [-0.1, -0.05) is 0 Å². The van der Waals surface area contributed by atoms with E-state index in [2.05, 4.69) is 9.97 Å². The van der Waals surface area contributed by atoms with E-state index < -0.39 is 29.8 Å². The SMILES string of the molecule is O=C(O)Cc1[nH]c(=O)nc2ccc(C(F)(F)F)cc12. The Kier molecular flexibility index (Phi) is 3.01. The Morgan fingerprint density at radius 1 is 1.37 bits per heavy atom. The zero-order valence-electron chi connectivity index (χ0n) is 9.28. The molecule has 2 aromatic rings. The molecule has 0 aliphatic heterocycles. The molecule has 0 aliphatic rings. The summed E-state index contributed by atoms with van der Waals surface area (Å²) in [4.78, 5) is 27.5. The lowest BCUT2D eigenvalue weighted by Crippen LogP contribution is -2.16. The minimum atomic E-state index is -4.55. The molecule has 0 radical (unpaired) electrons. The summed E-state index contributed by atoms with van der Waals surface area (Å²) in [6.45, 7) is 0. The van der Waals surface area contributed by atoms with Gasteiger partial charge in [0.2, 0.25) is 0 Å². The van der Waals surface area contributed by atoms with Crippen LogP contribution in [0.15, 0.2) is 23.0 Å². The number of nitrogens with zero attached hydrogens (tertiary/aromatic N) is 1. The van der Waals surface area contributed by atoms with Crippen LogP contribution in [-0.4, -0.2) is 21.0 Å². The first-order chi connectivity index (χ1) is 8.77. The molecule has 0 saturated heterocycles. The number of halogens is 3. The highest BCUT2D eigenvalue weighted by Crippen LogP contribution is 2.31. The molecule has 1 aromatic heterocycles. The molecule has 0 saturated carbocycles. The van der Waals surface area contributed by atoms with Crippen molar-refractivity contribution in [2.24, 2.45) is 0 Å². The molecule has 2 rings (SSSR count). The average Bonchev–Trinajstić information content (AvgIpc) is 2.26. The molecule has 8 heteroatoms. The van der Waals surface area contributed by atoms with Crippen molar-refractivity contribution >= 4 is 16.9 Å². The molecule has 0 aliphatic carbocycles. The van der Waals surface area contributed by atoms with E-state index in [-0.39, 0.29) is 16.6 Å². The third kappa shape index (κ3) is 2.72. The lowest BCUT2D eigenvalue weighted by atomic mass is 10.1. The van der Waals surface area contributed by atoms with Crippen LogP contribution < -0.4 is 5.69 Å². The van der Waals surface area contributed by atoms with Crippen LogP contribution in [0.5, 0.6) is 0 Å². The van der Waals surface area contributed by atoms with E-state index in [0.717, 1.165) is 18.2 Å². The fourth-order valence-electron chi connectivity index (χ4n) is 1.68. The number of H-pyrrole nitrogens is 1. The van der Waals surface area contributed by atoms with E-state index in [1.165, 1.54) is 0 Å². The van der Waals surface area contributed by atoms with Crippen LogP contribution in [0.4, 0.5) is 13.2 Å². The fraction of sp³-hybridized carbons (Fsp3) is 0.182. The van der Waals surface area contributed by atoms with E-state index in [1.54, 1.807) is 0 Å². The number of hydrogen-bond donors (Lipinski definition) is 2. The van der Waals surface area contributed by atoms with Gasteiger partial charge in [0.25, 0.3) is 0 Å². The van der Waals surface area contributed by atoms with Gasteiger partial charge >= 0.3 is 17.8 Å². The molecule has 0 bridgehead atoms. The highest BCUT2D eigenvalue weighted by molar-refractivity contribution is 5.85. The Morgan fingerprint density at radius 2 is 2.05 bits per heavy atom. The molecule has 1 aromatic carbocycles. The van der Waals surface area contributed by atoms with Gasteiger partial charge in [-0.05, 0) is 18.2 Å². The van der Waals surface area contributed by atoms with E-state index >= 15 is 0 Å². The van der Waals surface area contributed by atoms with Crippen molar-refractivity contribution in [1.82, 2.24) is 9.97 Å². The van der Waals surface area contributed by atoms with Gasteiger partial charge in [0.15, 0.2) is 0 Å². The minimum absolute atomic E-state index is 0.0213. The lowest BCUT2D eigenvalue weighted by Gasteiger charge is -2.09. The van der Waals surface area contributed by atoms with Gasteiger partial charge in [-0.2, -0.15) is 18.2 Å². The van der Waals surface area contributed by atoms with E-state index in [1.807, 2.05) is 0 Å². The fourth-order valence-corrected chi connectivity index (χ4v) is 1.68. The van der Waals surface area contributed by atoms with Crippen molar-refractivity contribution in [1.29, 1.82) is 0 Å². The molecule has 2 N–H and O–H groups in total. The standard InChI is InChI=1S/C11H7F3N2O3/c12-11(13,14)5-1-2-7-6(3-5)8(4-9(17)18)16-10(19)15-7/h1-3H,4H2,(H,17,18)(H,15,16,19). The Morgan fingerprint density at radius 3 is 2.63 bits per heavy atom. The van der Waals surface area contributed by atoms with Crippen LogP contribution >= 0.6 is 0 Å². The van der Waals surface area contributed by atoms with Crippen LogP contribution in [0.3, 0.4) is 0 Å². The predicted molar refractivity (Wildman–Crippen MR) is 58.7 cm³/mol. The largest absolute Gasteiger partial charge is 0.481 e. The third-order valence-corrected chi connectivity index (χ3v) is 2.46. The summed E-state index contributed by atoms with van der Waals surface area (Å²) in [7, 11) is 0. The molecule has 19 heavy (non-hydrogen) atoms. The number of benzene rings is 1. The van der Waals surface area contributed by atoms with Crippen LogP contribution in [-0.2, 0) is 17.4 Å². The van der Waals surface area contributed by atoms with Crippen molar-refractivity contribution < 1.29 is 23.1 Å². The zero-order valence-corrected chi connectivity index (χ0v) is 9.28. The van der Waals surface area contributed by atoms with Gasteiger partial charge < -0.3 is 10.1 Å². The summed E-state index contributed by atoms with van der Waals surface area (Å²) < 4.78 is 37.7. The van der Waals surface area contributed by atoms with Gasteiger partial charge in [-0.3, -0.25) is 4.79 Å². The third-order valence-electron chi connectivity index (χ3n) is 2.46. The number of carboxylic acid groups (broad SMARTS) is 1. The Labute approximate surface area is 103 Å². The van der Waals surface area contributed by atoms with Crippen molar-refractivity contribution in [3.05, 3.63) is 39.9 Å². The maximum Gasteiger partial charge on any atom is 0.416 e. The summed E-state index contributed by atoms with van der Waals surface area (Å²) in [6, 6.07) is 2.61. The molecule has 100 valence electrons. The van der Waals surface area contributed by atoms with Crippen molar-refractivity contribution in [3.8, 4) is 0 Å². The molecule has 0 atom stereocenters. The first-order valence-corrected chi connectivity index (χ1v) is 5.09. The van der Waals surface area contributed by atoms with Gasteiger partial charge in [0.05, 0.1) is 17.5 Å². The number of hydrogen-bond acceptors (Lipinski definition) is 3. The highest BCUT2D eigenvalue weighted by atomic mass is 19.4. The van der Waals surface area contributed by atoms with Crippen molar-refractivity contribution in [2.45, 2.75) is 12.6 Å². The summed E-state index contributed by atoms with van der Waals surface area (Å²) in [5.74, 6) is -1.26. The second-order valence-corrected chi connectivity index (χ2v) is 3.82. The molecular formula is C11H7F3N2O3. The van der Waals surface area contributed by atoms with E-state index in [0.29, 0.717) is 0 Å². The van der Waals surface area contributed by atoms with Crippen molar-refractivity contribution in [2.75, 3.05) is 0 Å². The minimum Gasteiger partial charge on any atom is -0.481 e. The predicted octanol–water partition coefficient (Wildman–Crippen LogP) is 1.57. The number of alkyl halides is 3. The topological polar surface area (TPSA) is 83.0 Å². The summed E-state index contributed by atoms with van der Waals surface area (Å²) in [5.41, 5.74) is -1.81. The molecule has 0 unspecified atom stereocenters. The monoisotopic (exact) mass is 272 g/mol. The van der Waals surface area contributed by atoms with Crippen LogP contribution in [0.1, 0.15) is 11.3 Å². The average molecular weight is 272 g/mol. The Hall–Kier alpha value is -2.38. The van der Waals surface area contributed by atoms with E-state index in [4.69, 9.17) is 5.11 Å². The summed E-state index contributed by atoms with van der Waals surface area (Å²) in [6.07, 6.45) is -5.14. The van der Waals surface area contributed by atoms with E-state index in [9.17, 15) is 22.8 Å². The van der Waals surface area contributed by atoms with Crippen LogP contribution in [0, 0.1) is 0 Å². The first-order valence-electron chi connectivity index (χ1n) is 5.09. The van der Waals surface area contributed by atoms with Crippen molar-refractivity contribution in [3.63, 3.8) is 0 Å². The Bertz CT molecular complexity index is 706. The molecular weight excluding hydrogens is 265 g/mol. The number of fused-ring (bicyclic) bond motifs is 1. The van der Waals surface area contributed by atoms with Crippen LogP contribution in [0.25, 0.3) is 10.9 Å². The lowest BCUT2D eigenvalue weighted by molar-refractivity contribution is -0.137. The van der Waals surface area contributed by atoms with Gasteiger partial charge in [-0.25, -0.2) is 4.79 Å². The smallest absolute Gasteiger partial charge is 0.416 e. The number of aromatic amines is 1. The number of rotatable bonds is 2. The summed E-state index contributed by atoms with van der Waals surface area (Å²) >= 11 is 0. The maximum atomic E-state index is 12.6. The summed E-state index contributed by atoms with van der Waals surface area (Å²) in [5, 5.41) is 8.65. The number of aromatic nitrogens is 2. The molecule has 0 fully saturated rings. The Balaban J connectivity index is 2.71.